The monoisotopic (exact) mass is 433 g/mol. The van der Waals surface area contributed by atoms with E-state index in [2.05, 4.69) is 5.32 Å². The molecule has 0 radical (unpaired) electrons. The highest BCUT2D eigenvalue weighted by Crippen LogP contribution is 2.22. The standard InChI is InChI=1S/C20H23N3O6S/c1-15-4-2-5-16(12-15)21-20(24)14-22(13-18-6-3-11-29-18)30(27,28)19-9-7-17(8-10-19)23(25)26/h2,4-5,7-10,12,18H,3,6,11,13-14H2,1H3,(H,21,24)/t18-/m0/s1. The molecule has 2 aromatic rings. The molecule has 1 N–H and O–H groups in total. The normalized spacial score (nSPS) is 16.5. The number of benzene rings is 2. The molecule has 0 spiro atoms. The number of aryl methyl sites for hydroxylation is 1. The second-order valence-electron chi connectivity index (χ2n) is 7.10. The van der Waals surface area contributed by atoms with E-state index in [1.165, 1.54) is 12.1 Å². The van der Waals surface area contributed by atoms with Crippen LogP contribution in [0.25, 0.3) is 0 Å². The SMILES string of the molecule is Cc1cccc(NC(=O)CN(C[C@@H]2CCCO2)S(=O)(=O)c2ccc([N+](=O)[O-])cc2)c1. The van der Waals surface area contributed by atoms with Crippen LogP contribution in [-0.4, -0.2) is 49.4 Å². The van der Waals surface area contributed by atoms with Crippen molar-refractivity contribution in [2.24, 2.45) is 0 Å². The molecule has 1 fully saturated rings. The van der Waals surface area contributed by atoms with E-state index in [1.807, 2.05) is 13.0 Å². The van der Waals surface area contributed by atoms with Crippen molar-refractivity contribution in [2.75, 3.05) is 25.0 Å². The number of carbonyl (C=O) groups is 1. The van der Waals surface area contributed by atoms with E-state index in [1.54, 1.807) is 18.2 Å². The second-order valence-corrected chi connectivity index (χ2v) is 9.04. The Morgan fingerprint density at radius 1 is 1.27 bits per heavy atom. The number of amides is 1. The number of ether oxygens (including phenoxy) is 1. The summed E-state index contributed by atoms with van der Waals surface area (Å²) in [7, 11) is -4.06. The van der Waals surface area contributed by atoms with Gasteiger partial charge in [-0.05, 0) is 49.6 Å². The fourth-order valence-corrected chi connectivity index (χ4v) is 4.66. The maximum Gasteiger partial charge on any atom is 0.269 e. The number of anilines is 1. The predicted octanol–water partition coefficient (Wildman–Crippen LogP) is 2.71. The minimum Gasteiger partial charge on any atom is -0.377 e. The molecule has 1 amide bonds. The second kappa shape index (κ2) is 9.33. The van der Waals surface area contributed by atoms with E-state index >= 15 is 0 Å². The van der Waals surface area contributed by atoms with Crippen molar-refractivity contribution in [2.45, 2.75) is 30.8 Å². The molecule has 0 unspecified atom stereocenters. The van der Waals surface area contributed by atoms with Crippen molar-refractivity contribution in [3.63, 3.8) is 0 Å². The maximum atomic E-state index is 13.2. The highest BCUT2D eigenvalue weighted by atomic mass is 32.2. The first-order valence-electron chi connectivity index (χ1n) is 9.48. The lowest BCUT2D eigenvalue weighted by Gasteiger charge is -2.24. The Bertz CT molecular complexity index is 1020. The largest absolute Gasteiger partial charge is 0.377 e. The average molecular weight is 433 g/mol. The summed E-state index contributed by atoms with van der Waals surface area (Å²) in [4.78, 5) is 22.7. The maximum absolute atomic E-state index is 13.2. The first kappa shape index (κ1) is 21.9. The number of non-ortho nitro benzene ring substituents is 1. The Balaban J connectivity index is 1.81. The van der Waals surface area contributed by atoms with Crippen molar-refractivity contribution in [1.29, 1.82) is 0 Å². The topological polar surface area (TPSA) is 119 Å². The molecule has 0 aliphatic carbocycles. The Labute approximate surface area is 174 Å². The Kier molecular flexibility index (Phi) is 6.80. The predicted molar refractivity (Wildman–Crippen MR) is 111 cm³/mol. The molecule has 9 nitrogen and oxygen atoms in total. The molecule has 1 atom stereocenters. The number of carbonyl (C=O) groups excluding carboxylic acids is 1. The molecule has 160 valence electrons. The molecular formula is C20H23N3O6S. The number of sulfonamides is 1. The lowest BCUT2D eigenvalue weighted by molar-refractivity contribution is -0.384. The highest BCUT2D eigenvalue weighted by Gasteiger charge is 2.31. The van der Waals surface area contributed by atoms with Crippen molar-refractivity contribution in [3.05, 3.63) is 64.2 Å². The van der Waals surface area contributed by atoms with Gasteiger partial charge in [-0.25, -0.2) is 8.42 Å². The van der Waals surface area contributed by atoms with Crippen molar-refractivity contribution < 1.29 is 22.9 Å². The van der Waals surface area contributed by atoms with E-state index in [-0.39, 0.29) is 23.2 Å². The molecular weight excluding hydrogens is 410 g/mol. The fraction of sp³-hybridized carbons (Fsp3) is 0.350. The van der Waals surface area contributed by atoms with Crippen molar-refractivity contribution in [1.82, 2.24) is 4.31 Å². The number of hydrogen-bond acceptors (Lipinski definition) is 6. The minimum atomic E-state index is -4.06. The Hall–Kier alpha value is -2.82. The van der Waals surface area contributed by atoms with Gasteiger partial charge in [-0.2, -0.15) is 4.31 Å². The Morgan fingerprint density at radius 3 is 2.60 bits per heavy atom. The summed E-state index contributed by atoms with van der Waals surface area (Å²) in [5.41, 5.74) is 1.32. The number of nitrogens with one attached hydrogen (secondary N) is 1. The van der Waals surface area contributed by atoms with Crippen LogP contribution >= 0.6 is 0 Å². The highest BCUT2D eigenvalue weighted by molar-refractivity contribution is 7.89. The number of nitrogens with zero attached hydrogens (tertiary/aromatic N) is 2. The zero-order valence-corrected chi connectivity index (χ0v) is 17.3. The van der Waals surface area contributed by atoms with Crippen LogP contribution in [0.1, 0.15) is 18.4 Å². The molecule has 1 aliphatic rings. The minimum absolute atomic E-state index is 0.0283. The van der Waals surface area contributed by atoms with Gasteiger partial charge in [0.25, 0.3) is 5.69 Å². The molecule has 1 heterocycles. The summed E-state index contributed by atoms with van der Waals surface area (Å²) in [5, 5.41) is 13.6. The number of nitro groups is 1. The molecule has 0 bridgehead atoms. The summed E-state index contributed by atoms with van der Waals surface area (Å²) in [5.74, 6) is -0.482. The van der Waals surface area contributed by atoms with Gasteiger partial charge in [-0.1, -0.05) is 12.1 Å². The summed E-state index contributed by atoms with van der Waals surface area (Å²) >= 11 is 0. The first-order valence-corrected chi connectivity index (χ1v) is 10.9. The van der Waals surface area contributed by atoms with Crippen LogP contribution in [0.5, 0.6) is 0 Å². The van der Waals surface area contributed by atoms with Crippen LogP contribution in [0.2, 0.25) is 0 Å². The van der Waals surface area contributed by atoms with Crippen LogP contribution in [0.15, 0.2) is 53.4 Å². The quantitative estimate of drug-likeness (QED) is 0.505. The molecule has 1 aliphatic heterocycles. The van der Waals surface area contributed by atoms with Gasteiger partial charge >= 0.3 is 0 Å². The van der Waals surface area contributed by atoms with Crippen molar-refractivity contribution >= 4 is 27.3 Å². The smallest absolute Gasteiger partial charge is 0.269 e. The van der Waals surface area contributed by atoms with E-state index < -0.39 is 27.4 Å². The third kappa shape index (κ3) is 5.41. The van der Waals surface area contributed by atoms with Gasteiger partial charge in [-0.3, -0.25) is 14.9 Å². The molecule has 0 aromatic heterocycles. The lowest BCUT2D eigenvalue weighted by Crippen LogP contribution is -2.42. The average Bonchev–Trinajstić information content (AvgIpc) is 3.20. The van der Waals surface area contributed by atoms with E-state index in [4.69, 9.17) is 4.74 Å². The first-order chi connectivity index (χ1) is 14.3. The van der Waals surface area contributed by atoms with Gasteiger partial charge in [0, 0.05) is 31.0 Å². The van der Waals surface area contributed by atoms with Crippen LogP contribution in [0, 0.1) is 17.0 Å². The molecule has 2 aromatic carbocycles. The third-order valence-corrected chi connectivity index (χ3v) is 6.56. The number of rotatable bonds is 8. The summed E-state index contributed by atoms with van der Waals surface area (Å²) in [6, 6.07) is 11.8. The fourth-order valence-electron chi connectivity index (χ4n) is 3.24. The zero-order chi connectivity index (χ0) is 21.7. The third-order valence-electron chi connectivity index (χ3n) is 4.74. The van der Waals surface area contributed by atoms with Crippen LogP contribution in [0.3, 0.4) is 0 Å². The van der Waals surface area contributed by atoms with Gasteiger partial charge in [0.2, 0.25) is 15.9 Å². The molecule has 3 rings (SSSR count). The molecule has 10 heteroatoms. The molecule has 30 heavy (non-hydrogen) atoms. The molecule has 0 saturated carbocycles. The van der Waals surface area contributed by atoms with Crippen LogP contribution < -0.4 is 5.32 Å². The number of hydrogen-bond donors (Lipinski definition) is 1. The summed E-state index contributed by atoms with van der Waals surface area (Å²) in [6.07, 6.45) is 1.22. The van der Waals surface area contributed by atoms with E-state index in [0.717, 1.165) is 28.4 Å². The van der Waals surface area contributed by atoms with Gasteiger partial charge in [-0.15, -0.1) is 0 Å². The van der Waals surface area contributed by atoms with Gasteiger partial charge < -0.3 is 10.1 Å². The van der Waals surface area contributed by atoms with Gasteiger partial charge in [0.05, 0.1) is 22.5 Å². The molecule has 1 saturated heterocycles. The number of nitro benzene ring substituents is 1. The lowest BCUT2D eigenvalue weighted by atomic mass is 10.2. The van der Waals surface area contributed by atoms with E-state index in [0.29, 0.717) is 18.7 Å². The summed E-state index contributed by atoms with van der Waals surface area (Å²) in [6.45, 7) is 2.07. The van der Waals surface area contributed by atoms with Crippen LogP contribution in [-0.2, 0) is 19.6 Å². The summed E-state index contributed by atoms with van der Waals surface area (Å²) < 4.78 is 32.9. The van der Waals surface area contributed by atoms with Gasteiger partial charge in [0.1, 0.15) is 0 Å². The van der Waals surface area contributed by atoms with Gasteiger partial charge in [0.15, 0.2) is 0 Å². The van der Waals surface area contributed by atoms with Crippen molar-refractivity contribution in [3.8, 4) is 0 Å². The Morgan fingerprint density at radius 2 is 2.00 bits per heavy atom. The van der Waals surface area contributed by atoms with E-state index in [9.17, 15) is 23.3 Å². The van der Waals surface area contributed by atoms with Crippen LogP contribution in [0.4, 0.5) is 11.4 Å². The zero-order valence-electron chi connectivity index (χ0n) is 16.5.